The molecule has 0 saturated carbocycles. The Balaban J connectivity index is 0.000000232. The Morgan fingerprint density at radius 2 is 1.91 bits per heavy atom. The van der Waals surface area contributed by atoms with Gasteiger partial charge in [0.2, 0.25) is 15.9 Å². The second-order valence-corrected chi connectivity index (χ2v) is 11.3. The first-order chi connectivity index (χ1) is 21.7. The van der Waals surface area contributed by atoms with E-state index in [1.807, 2.05) is 21.6 Å². The van der Waals surface area contributed by atoms with Gasteiger partial charge in [-0.15, -0.1) is 0 Å². The number of aromatic nitrogens is 5. The summed E-state index contributed by atoms with van der Waals surface area (Å²) in [5, 5.41) is 10.1. The van der Waals surface area contributed by atoms with E-state index in [1.54, 1.807) is 54.6 Å². The lowest BCUT2D eigenvalue weighted by Crippen LogP contribution is -2.13. The number of carbonyl (C=O) groups is 1. The minimum Gasteiger partial charge on any atom is -0.492 e. The predicted octanol–water partition coefficient (Wildman–Crippen LogP) is 4.40. The maximum absolute atomic E-state index is 12.5. The zero-order valence-corrected chi connectivity index (χ0v) is 25.3. The van der Waals surface area contributed by atoms with Crippen LogP contribution in [-0.2, 0) is 29.8 Å². The number of halogens is 3. The van der Waals surface area contributed by atoms with E-state index in [9.17, 15) is 31.5 Å². The van der Waals surface area contributed by atoms with Gasteiger partial charge in [0, 0.05) is 37.1 Å². The standard InChI is InChI=1S/C19H17N5O4.C9H11F3N2O3S/c1-23-14(18(25)26)11-13-3-2-4-15(17(13)23)28-16-5-6-21-19(22-16)27-10-9-24-8-7-20-12-24;1-17-8-6(13)3-5(9(10,11)12)4-7(8)14-18(2,15)16/h2-8,11-12H,9-10H2,1H3,(H,25,26);3-4,14H,13H2,1-2H3. The highest BCUT2D eigenvalue weighted by atomic mass is 32.2. The molecule has 46 heavy (non-hydrogen) atoms. The number of para-hydroxylation sites is 1. The summed E-state index contributed by atoms with van der Waals surface area (Å²) >= 11 is 0. The first kappa shape index (κ1) is 33.4. The number of methoxy groups -OCH3 is 1. The second kappa shape index (κ2) is 13.6. The zero-order chi connectivity index (χ0) is 33.6. The molecule has 2 aromatic carbocycles. The van der Waals surface area contributed by atoms with E-state index in [4.69, 9.17) is 19.9 Å². The molecular weight excluding hydrogens is 635 g/mol. The van der Waals surface area contributed by atoms with Gasteiger partial charge < -0.3 is 34.2 Å². The Kier molecular flexibility index (Phi) is 9.89. The van der Waals surface area contributed by atoms with Crippen LogP contribution in [0.25, 0.3) is 10.9 Å². The van der Waals surface area contributed by atoms with E-state index >= 15 is 0 Å². The Hall–Kier alpha value is -5.52. The monoisotopic (exact) mass is 663 g/mol. The maximum Gasteiger partial charge on any atom is 0.416 e. The van der Waals surface area contributed by atoms with Gasteiger partial charge in [0.15, 0.2) is 11.5 Å². The van der Waals surface area contributed by atoms with Crippen LogP contribution in [0, 0.1) is 0 Å². The van der Waals surface area contributed by atoms with Crippen LogP contribution in [0.15, 0.2) is 67.4 Å². The minimum absolute atomic E-state index is 0.159. The van der Waals surface area contributed by atoms with Crippen LogP contribution in [0.5, 0.6) is 23.4 Å². The molecule has 4 N–H and O–H groups in total. The van der Waals surface area contributed by atoms with Crippen LogP contribution in [0.4, 0.5) is 24.5 Å². The topological polar surface area (TPSA) is 186 Å². The Labute approximate surface area is 260 Å². The number of hydrogen-bond acceptors (Lipinski definition) is 10. The van der Waals surface area contributed by atoms with Crippen LogP contribution < -0.4 is 24.7 Å². The Morgan fingerprint density at radius 1 is 1.15 bits per heavy atom. The van der Waals surface area contributed by atoms with E-state index in [-0.39, 0.29) is 28.8 Å². The molecule has 0 saturated heterocycles. The first-order valence-corrected chi connectivity index (χ1v) is 15.0. The predicted molar refractivity (Wildman–Crippen MR) is 161 cm³/mol. The quantitative estimate of drug-likeness (QED) is 0.180. The van der Waals surface area contributed by atoms with Gasteiger partial charge in [-0.05, 0) is 24.3 Å². The molecule has 3 aromatic heterocycles. The van der Waals surface area contributed by atoms with Gasteiger partial charge in [0.25, 0.3) is 0 Å². The summed E-state index contributed by atoms with van der Waals surface area (Å²) in [5.41, 5.74) is 4.51. The highest BCUT2D eigenvalue weighted by molar-refractivity contribution is 7.92. The molecule has 0 aliphatic heterocycles. The minimum atomic E-state index is -4.63. The average molecular weight is 664 g/mol. The van der Waals surface area contributed by atoms with Crippen molar-refractivity contribution >= 4 is 38.3 Å². The number of benzene rings is 2. The highest BCUT2D eigenvalue weighted by Crippen LogP contribution is 2.39. The number of nitrogens with two attached hydrogens (primary N) is 1. The summed E-state index contributed by atoms with van der Waals surface area (Å²) in [7, 11) is -0.885. The molecule has 0 aliphatic rings. The molecule has 3 heterocycles. The molecule has 0 aliphatic carbocycles. The highest BCUT2D eigenvalue weighted by Gasteiger charge is 2.32. The number of nitrogens with zero attached hydrogens (tertiary/aromatic N) is 5. The van der Waals surface area contributed by atoms with Crippen LogP contribution in [0.2, 0.25) is 0 Å². The van der Waals surface area contributed by atoms with Crippen molar-refractivity contribution in [3.63, 3.8) is 0 Å². The number of aromatic carboxylic acids is 1. The summed E-state index contributed by atoms with van der Waals surface area (Å²) < 4.78 is 81.4. The Morgan fingerprint density at radius 3 is 2.54 bits per heavy atom. The molecule has 0 fully saturated rings. The fourth-order valence-electron chi connectivity index (χ4n) is 4.21. The number of fused-ring (bicyclic) bond motifs is 1. The molecule has 14 nitrogen and oxygen atoms in total. The largest absolute Gasteiger partial charge is 0.492 e. The van der Waals surface area contributed by atoms with E-state index in [0.29, 0.717) is 42.4 Å². The van der Waals surface area contributed by atoms with Crippen LogP contribution in [0.3, 0.4) is 0 Å². The summed E-state index contributed by atoms with van der Waals surface area (Å²) in [4.78, 5) is 23.7. The molecule has 0 amide bonds. The van der Waals surface area contributed by atoms with Gasteiger partial charge >= 0.3 is 18.2 Å². The molecule has 5 aromatic rings. The number of ether oxygens (including phenoxy) is 3. The smallest absolute Gasteiger partial charge is 0.416 e. The summed E-state index contributed by atoms with van der Waals surface area (Å²) in [5.74, 6) is -0.359. The third-order valence-electron chi connectivity index (χ3n) is 6.15. The molecule has 0 atom stereocenters. The van der Waals surface area contributed by atoms with Gasteiger partial charge in [-0.2, -0.15) is 18.2 Å². The van der Waals surface area contributed by atoms with Crippen molar-refractivity contribution in [1.29, 1.82) is 0 Å². The Bertz CT molecular complexity index is 1950. The molecule has 244 valence electrons. The number of nitrogens with one attached hydrogen (secondary N) is 1. The lowest BCUT2D eigenvalue weighted by Gasteiger charge is -2.15. The van der Waals surface area contributed by atoms with Crippen molar-refractivity contribution in [3.8, 4) is 23.4 Å². The number of sulfonamides is 1. The summed E-state index contributed by atoms with van der Waals surface area (Å²) in [6.45, 7) is 1.00. The van der Waals surface area contributed by atoms with Crippen LogP contribution >= 0.6 is 0 Å². The number of carboxylic acids is 1. The van der Waals surface area contributed by atoms with Gasteiger partial charge in [-0.3, -0.25) is 4.72 Å². The van der Waals surface area contributed by atoms with Crippen molar-refractivity contribution < 1.29 is 45.7 Å². The molecule has 0 unspecified atom stereocenters. The number of imidazole rings is 1. The molecule has 18 heteroatoms. The van der Waals surface area contributed by atoms with Crippen molar-refractivity contribution in [1.82, 2.24) is 24.1 Å². The first-order valence-electron chi connectivity index (χ1n) is 13.1. The zero-order valence-electron chi connectivity index (χ0n) is 24.5. The number of hydrogen-bond donors (Lipinski definition) is 3. The lowest BCUT2D eigenvalue weighted by atomic mass is 10.1. The second-order valence-electron chi connectivity index (χ2n) is 9.53. The van der Waals surface area contributed by atoms with Gasteiger partial charge in [-0.1, -0.05) is 12.1 Å². The van der Waals surface area contributed by atoms with E-state index in [1.165, 1.54) is 7.11 Å². The number of aryl methyl sites for hydroxylation is 1. The van der Waals surface area contributed by atoms with E-state index in [2.05, 4.69) is 15.0 Å². The normalized spacial score (nSPS) is 11.4. The molecular formula is C28H28F3N7O7S. The van der Waals surface area contributed by atoms with Gasteiger partial charge in [0.1, 0.15) is 12.3 Å². The van der Waals surface area contributed by atoms with Gasteiger partial charge in [-0.25, -0.2) is 23.2 Å². The molecule has 5 rings (SSSR count). The number of alkyl halides is 3. The van der Waals surface area contributed by atoms with Crippen LogP contribution in [-0.4, -0.2) is 63.6 Å². The maximum atomic E-state index is 12.5. The van der Waals surface area contributed by atoms with Crippen molar-refractivity contribution in [2.45, 2.75) is 12.7 Å². The third-order valence-corrected chi connectivity index (χ3v) is 6.74. The van der Waals surface area contributed by atoms with Crippen LogP contribution in [0.1, 0.15) is 16.1 Å². The van der Waals surface area contributed by atoms with Crippen molar-refractivity contribution in [3.05, 3.63) is 78.6 Å². The number of anilines is 2. The van der Waals surface area contributed by atoms with E-state index in [0.717, 1.165) is 11.6 Å². The SMILES string of the molecule is COc1c(N)cc(C(F)(F)F)cc1NS(C)(=O)=O.Cn1c(C(=O)O)cc2cccc(Oc3ccnc(OCCn4ccnc4)n3)c21. The lowest BCUT2D eigenvalue weighted by molar-refractivity contribution is -0.137. The molecule has 0 bridgehead atoms. The van der Waals surface area contributed by atoms with Gasteiger partial charge in [0.05, 0.1) is 48.7 Å². The summed E-state index contributed by atoms with van der Waals surface area (Å²) in [6, 6.07) is 10.1. The van der Waals surface area contributed by atoms with Crippen molar-refractivity contribution in [2.24, 2.45) is 7.05 Å². The van der Waals surface area contributed by atoms with Crippen molar-refractivity contribution in [2.75, 3.05) is 30.4 Å². The van der Waals surface area contributed by atoms with E-state index < -0.39 is 27.7 Å². The fourth-order valence-corrected chi connectivity index (χ4v) is 4.76. The summed E-state index contributed by atoms with van der Waals surface area (Å²) in [6.07, 6.45) is 2.97. The number of carboxylic acid groups (broad SMARTS) is 1. The average Bonchev–Trinajstić information content (AvgIpc) is 3.60. The number of nitrogen functional groups attached to an aromatic ring is 1. The molecule has 0 radical (unpaired) electrons. The number of rotatable bonds is 10. The molecule has 0 spiro atoms. The fraction of sp³-hybridized carbons (Fsp3) is 0.214. The third kappa shape index (κ3) is 8.35.